The Bertz CT molecular complexity index is 2440. The van der Waals surface area contributed by atoms with E-state index in [1.165, 1.54) is 37.3 Å². The second-order valence-corrected chi connectivity index (χ2v) is 12.8. The molecule has 0 radical (unpaired) electrons. The third kappa shape index (κ3) is 6.64. The molecule has 5 aromatic rings. The third-order valence-electron chi connectivity index (χ3n) is 8.67. The summed E-state index contributed by atoms with van der Waals surface area (Å²) in [6.07, 6.45) is 26.2. The van der Waals surface area contributed by atoms with Crippen molar-refractivity contribution in [1.82, 2.24) is 10.3 Å². The highest BCUT2D eigenvalue weighted by Gasteiger charge is 2.21. The summed E-state index contributed by atoms with van der Waals surface area (Å²) in [6, 6.07) is 20.8. The number of allylic oxidation sites excluding steroid dienone is 7. The van der Waals surface area contributed by atoms with Crippen LogP contribution in [0.1, 0.15) is 46.9 Å². The Labute approximate surface area is 296 Å². The van der Waals surface area contributed by atoms with Gasteiger partial charge in [0, 0.05) is 48.9 Å². The summed E-state index contributed by atoms with van der Waals surface area (Å²) in [5.41, 5.74) is 20.3. The fraction of sp³-hybridized carbons (Fsp3) is 0.0930. The van der Waals surface area contributed by atoms with Crippen LogP contribution in [0, 0.1) is 22.7 Å². The Morgan fingerprint density at radius 3 is 2.66 bits per heavy atom. The van der Waals surface area contributed by atoms with Crippen LogP contribution < -0.4 is 16.8 Å². The highest BCUT2D eigenvalue weighted by Crippen LogP contribution is 2.45. The molecular weight excluding hydrogens is 633 g/mol. The number of aromatic nitrogens is 1. The fourth-order valence-corrected chi connectivity index (χ4v) is 7.70. The first-order valence-electron chi connectivity index (χ1n) is 16.3. The lowest BCUT2D eigenvalue weighted by molar-refractivity contribution is 0.816. The van der Waals surface area contributed by atoms with Gasteiger partial charge in [0.2, 0.25) is 0 Å². The second kappa shape index (κ2) is 15.2. The lowest BCUT2D eigenvalue weighted by atomic mass is 9.90. The molecule has 2 aromatic heterocycles. The number of nitrogens with zero attached hydrogens (tertiary/aromatic N) is 3. The van der Waals surface area contributed by atoms with Gasteiger partial charge in [0.1, 0.15) is 11.8 Å². The highest BCUT2D eigenvalue weighted by molar-refractivity contribution is 7.26. The number of nitrogens with two attached hydrogens (primary N) is 2. The van der Waals surface area contributed by atoms with Crippen LogP contribution >= 0.6 is 11.3 Å². The lowest BCUT2D eigenvalue weighted by Gasteiger charge is -2.24. The van der Waals surface area contributed by atoms with Gasteiger partial charge < -0.3 is 16.8 Å². The molecule has 0 spiro atoms. The molecule has 6 rings (SSSR count). The van der Waals surface area contributed by atoms with Crippen molar-refractivity contribution in [2.45, 2.75) is 25.8 Å². The van der Waals surface area contributed by atoms with Crippen LogP contribution in [0.5, 0.6) is 0 Å². The SMILES string of the molecule is C=Cc1c(/C=C\C)c(C/C=C\C=C(/N)c2ccnc(C#N)c2)cc2sc3cc(C4=CC=CC(C(/C=C\N)=C/CC#N)N4)c4ccccc4c3c12. The average molecular weight is 669 g/mol. The molecular formula is C43H36N6S. The van der Waals surface area contributed by atoms with E-state index in [0.29, 0.717) is 24.2 Å². The van der Waals surface area contributed by atoms with E-state index in [1.807, 2.05) is 37.3 Å². The molecule has 6 nitrogen and oxygen atoms in total. The number of nitrogens with one attached hydrogen (secondary N) is 1. The molecule has 3 heterocycles. The number of fused-ring (bicyclic) bond motifs is 5. The molecule has 1 unspecified atom stereocenters. The standard InChI is InChI=1S/C43H36N6S/c1-3-11-33-29(12-5-8-16-37(47)30-20-23-48-31(24-30)27-46)25-40-42(32(33)4-2)43-35-15-7-6-14-34(35)36(26-41(43)50-40)39-18-9-17-38(49-39)28(19-22-45)13-10-21-44/h3-9,11,13-20,22-26,38,49H,2,10,12,45,47H2,1H3/b8-5-,11-3-,22-19-,28-13+,37-16-. The summed E-state index contributed by atoms with van der Waals surface area (Å²) in [6.45, 7) is 6.32. The zero-order valence-electron chi connectivity index (χ0n) is 27.7. The van der Waals surface area contributed by atoms with Crippen LogP contribution in [0.25, 0.3) is 54.5 Å². The van der Waals surface area contributed by atoms with Crippen LogP contribution in [-0.2, 0) is 6.42 Å². The Morgan fingerprint density at radius 1 is 1.08 bits per heavy atom. The quantitative estimate of drug-likeness (QED) is 0.127. The predicted molar refractivity (Wildman–Crippen MR) is 211 cm³/mol. The van der Waals surface area contributed by atoms with E-state index < -0.39 is 0 Å². The number of rotatable bonds is 10. The average Bonchev–Trinajstić information content (AvgIpc) is 3.53. The summed E-state index contributed by atoms with van der Waals surface area (Å²) in [5, 5.41) is 26.8. The van der Waals surface area contributed by atoms with Gasteiger partial charge in [-0.25, -0.2) is 4.98 Å². The van der Waals surface area contributed by atoms with Gasteiger partial charge in [-0.3, -0.25) is 0 Å². The van der Waals surface area contributed by atoms with Crippen molar-refractivity contribution in [2.75, 3.05) is 0 Å². The van der Waals surface area contributed by atoms with Crippen LogP contribution in [0.2, 0.25) is 0 Å². The van der Waals surface area contributed by atoms with Crippen LogP contribution in [-0.4, -0.2) is 11.0 Å². The summed E-state index contributed by atoms with van der Waals surface area (Å²) in [4.78, 5) is 4.03. The second-order valence-electron chi connectivity index (χ2n) is 11.7. The van der Waals surface area contributed by atoms with E-state index in [2.05, 4.69) is 102 Å². The fourth-order valence-electron chi connectivity index (χ4n) is 6.46. The summed E-state index contributed by atoms with van der Waals surface area (Å²) in [7, 11) is 0. The van der Waals surface area contributed by atoms with Gasteiger partial charge in [0.25, 0.3) is 0 Å². The molecule has 0 saturated heterocycles. The van der Waals surface area contributed by atoms with Crippen molar-refractivity contribution in [3.63, 3.8) is 0 Å². The Morgan fingerprint density at radius 2 is 1.90 bits per heavy atom. The number of hydrogen-bond donors (Lipinski definition) is 3. The summed E-state index contributed by atoms with van der Waals surface area (Å²) < 4.78 is 2.39. The van der Waals surface area contributed by atoms with Crippen molar-refractivity contribution < 1.29 is 0 Å². The monoisotopic (exact) mass is 668 g/mol. The minimum Gasteiger partial charge on any atom is -0.405 e. The van der Waals surface area contributed by atoms with Crippen LogP contribution in [0.3, 0.4) is 0 Å². The molecule has 5 N–H and O–H groups in total. The van der Waals surface area contributed by atoms with Gasteiger partial charge in [-0.05, 0) is 95.1 Å². The molecule has 1 aliphatic heterocycles. The van der Waals surface area contributed by atoms with E-state index in [1.54, 1.807) is 29.7 Å². The van der Waals surface area contributed by atoms with E-state index in [-0.39, 0.29) is 6.04 Å². The number of dihydropyridines is 1. The van der Waals surface area contributed by atoms with E-state index in [9.17, 15) is 10.5 Å². The number of thiophene rings is 1. The maximum atomic E-state index is 9.19. The Hall–Kier alpha value is -6.41. The van der Waals surface area contributed by atoms with Crippen LogP contribution in [0.15, 0.2) is 128 Å². The number of benzene rings is 3. The predicted octanol–water partition coefficient (Wildman–Crippen LogP) is 9.43. The van der Waals surface area contributed by atoms with Gasteiger partial charge in [-0.1, -0.05) is 79.5 Å². The van der Waals surface area contributed by atoms with Crippen molar-refractivity contribution in [1.29, 1.82) is 10.5 Å². The van der Waals surface area contributed by atoms with E-state index in [0.717, 1.165) is 38.9 Å². The van der Waals surface area contributed by atoms with E-state index >= 15 is 0 Å². The van der Waals surface area contributed by atoms with Gasteiger partial charge in [0.15, 0.2) is 0 Å². The molecule has 3 aromatic carbocycles. The first kappa shape index (κ1) is 33.5. The first-order chi connectivity index (χ1) is 24.5. The van der Waals surface area contributed by atoms with Gasteiger partial charge in [-0.2, -0.15) is 10.5 Å². The zero-order valence-corrected chi connectivity index (χ0v) is 28.5. The Balaban J connectivity index is 1.44. The van der Waals surface area contributed by atoms with E-state index in [4.69, 9.17) is 11.5 Å². The molecule has 0 amide bonds. The van der Waals surface area contributed by atoms with Crippen LogP contribution in [0.4, 0.5) is 0 Å². The van der Waals surface area contributed by atoms with Crippen molar-refractivity contribution in [3.8, 4) is 12.1 Å². The van der Waals surface area contributed by atoms with Gasteiger partial charge >= 0.3 is 0 Å². The van der Waals surface area contributed by atoms with Gasteiger partial charge in [-0.15, -0.1) is 11.3 Å². The maximum Gasteiger partial charge on any atom is 0.141 e. The minimum atomic E-state index is -0.115. The molecule has 50 heavy (non-hydrogen) atoms. The Kier molecular flexibility index (Phi) is 10.2. The molecule has 7 heteroatoms. The smallest absolute Gasteiger partial charge is 0.141 e. The minimum absolute atomic E-state index is 0.115. The molecule has 1 aliphatic rings. The molecule has 0 bridgehead atoms. The highest BCUT2D eigenvalue weighted by atomic mass is 32.1. The topological polar surface area (TPSA) is 125 Å². The largest absolute Gasteiger partial charge is 0.405 e. The van der Waals surface area contributed by atoms with Crippen molar-refractivity contribution >= 4 is 65.8 Å². The van der Waals surface area contributed by atoms with Gasteiger partial charge in [0.05, 0.1) is 18.5 Å². The number of hydrogen-bond acceptors (Lipinski definition) is 7. The summed E-state index contributed by atoms with van der Waals surface area (Å²) >= 11 is 1.79. The molecule has 1 atom stereocenters. The molecule has 0 saturated carbocycles. The normalized spacial score (nSPS) is 15.3. The maximum absolute atomic E-state index is 9.19. The summed E-state index contributed by atoms with van der Waals surface area (Å²) in [5.74, 6) is 0. The number of pyridine rings is 1. The van der Waals surface area contributed by atoms with Crippen molar-refractivity contribution in [3.05, 3.63) is 161 Å². The number of nitriles is 2. The molecule has 0 fully saturated rings. The molecule has 244 valence electrons. The lowest BCUT2D eigenvalue weighted by Crippen LogP contribution is -2.29. The van der Waals surface area contributed by atoms with Crippen molar-refractivity contribution in [2.24, 2.45) is 11.5 Å². The third-order valence-corrected chi connectivity index (χ3v) is 9.76. The first-order valence-corrected chi connectivity index (χ1v) is 17.1. The molecule has 0 aliphatic carbocycles. The zero-order chi connectivity index (χ0) is 35.0.